The van der Waals surface area contributed by atoms with Gasteiger partial charge in [0.25, 0.3) is 0 Å². The molecule has 1 aromatic rings. The minimum Gasteiger partial charge on any atom is -0.379 e. The first kappa shape index (κ1) is 16.9. The van der Waals surface area contributed by atoms with Gasteiger partial charge in [-0.25, -0.2) is 9.97 Å². The number of aromatic nitrogens is 2. The number of anilines is 1. The van der Waals surface area contributed by atoms with Crippen molar-refractivity contribution in [3.63, 3.8) is 0 Å². The summed E-state index contributed by atoms with van der Waals surface area (Å²) in [6.07, 6.45) is 14.6. The maximum Gasteiger partial charge on any atom is 0.225 e. The van der Waals surface area contributed by atoms with Crippen molar-refractivity contribution in [2.75, 3.05) is 37.7 Å². The molecule has 0 radical (unpaired) electrons. The molecular formula is C21H32N4O. The smallest absolute Gasteiger partial charge is 0.225 e. The van der Waals surface area contributed by atoms with E-state index in [1.54, 1.807) is 0 Å². The van der Waals surface area contributed by atoms with Gasteiger partial charge >= 0.3 is 0 Å². The van der Waals surface area contributed by atoms with Crippen LogP contribution in [0.5, 0.6) is 0 Å². The molecule has 142 valence electrons. The van der Waals surface area contributed by atoms with Gasteiger partial charge in [0.1, 0.15) is 0 Å². The summed E-state index contributed by atoms with van der Waals surface area (Å²) in [7, 11) is 0. The highest BCUT2D eigenvalue weighted by atomic mass is 16.5. The molecule has 2 saturated heterocycles. The third-order valence-electron chi connectivity index (χ3n) is 7.23. The molecule has 1 spiro atoms. The van der Waals surface area contributed by atoms with E-state index in [1.165, 1.54) is 64.5 Å². The van der Waals surface area contributed by atoms with Gasteiger partial charge in [0.15, 0.2) is 0 Å². The Kier molecular flexibility index (Phi) is 4.61. The second-order valence-corrected chi connectivity index (χ2v) is 9.14. The van der Waals surface area contributed by atoms with Crippen molar-refractivity contribution in [1.82, 2.24) is 14.9 Å². The molecule has 1 unspecified atom stereocenters. The molecule has 2 aliphatic heterocycles. The summed E-state index contributed by atoms with van der Waals surface area (Å²) < 4.78 is 6.11. The largest absolute Gasteiger partial charge is 0.379 e. The SMILES string of the molecule is c1cnc(N2CC3(CCN(C4CCC4)CC3)CC2COCC2CC2)nc1. The second-order valence-electron chi connectivity index (χ2n) is 9.14. The van der Waals surface area contributed by atoms with Crippen LogP contribution in [-0.4, -0.2) is 59.8 Å². The Morgan fingerprint density at radius 3 is 2.46 bits per heavy atom. The summed E-state index contributed by atoms with van der Waals surface area (Å²) in [4.78, 5) is 14.3. The fourth-order valence-electron chi connectivity index (χ4n) is 5.12. The molecule has 0 N–H and O–H groups in total. The summed E-state index contributed by atoms with van der Waals surface area (Å²) in [5.41, 5.74) is 0.438. The lowest BCUT2D eigenvalue weighted by Crippen LogP contribution is -2.48. The van der Waals surface area contributed by atoms with E-state index >= 15 is 0 Å². The first-order valence-electron chi connectivity index (χ1n) is 10.7. The van der Waals surface area contributed by atoms with Crippen molar-refractivity contribution >= 4 is 5.95 Å². The van der Waals surface area contributed by atoms with Gasteiger partial charge in [-0.05, 0) is 75.4 Å². The van der Waals surface area contributed by atoms with E-state index in [0.29, 0.717) is 11.5 Å². The maximum absolute atomic E-state index is 6.11. The Bertz CT molecular complexity index is 593. The molecule has 5 rings (SSSR count). The Morgan fingerprint density at radius 2 is 1.81 bits per heavy atom. The van der Waals surface area contributed by atoms with Gasteiger partial charge in [-0.15, -0.1) is 0 Å². The van der Waals surface area contributed by atoms with Crippen molar-refractivity contribution in [2.24, 2.45) is 11.3 Å². The third-order valence-corrected chi connectivity index (χ3v) is 7.23. The number of hydrogen-bond donors (Lipinski definition) is 0. The number of piperidine rings is 1. The van der Waals surface area contributed by atoms with Crippen LogP contribution in [0.15, 0.2) is 18.5 Å². The number of rotatable bonds is 6. The van der Waals surface area contributed by atoms with Crippen molar-refractivity contribution in [2.45, 2.75) is 63.5 Å². The number of nitrogens with zero attached hydrogens (tertiary/aromatic N) is 4. The standard InChI is InChI=1S/C21H32N4O/c1-3-18(4-1)24-11-7-21(8-12-24)13-19(15-26-14-17-5-6-17)25(16-21)20-22-9-2-10-23-20/h2,9-10,17-19H,1,3-8,11-16H2. The molecule has 2 aliphatic carbocycles. The highest BCUT2D eigenvalue weighted by Crippen LogP contribution is 2.45. The fourth-order valence-corrected chi connectivity index (χ4v) is 5.12. The zero-order valence-electron chi connectivity index (χ0n) is 15.9. The van der Waals surface area contributed by atoms with Gasteiger partial charge in [-0.1, -0.05) is 6.42 Å². The van der Waals surface area contributed by atoms with E-state index in [4.69, 9.17) is 4.74 Å². The van der Waals surface area contributed by atoms with E-state index in [9.17, 15) is 0 Å². The molecule has 4 fully saturated rings. The van der Waals surface area contributed by atoms with Crippen LogP contribution in [0.2, 0.25) is 0 Å². The van der Waals surface area contributed by atoms with Crippen LogP contribution in [0.1, 0.15) is 51.4 Å². The average molecular weight is 357 g/mol. The van der Waals surface area contributed by atoms with Crippen molar-refractivity contribution in [3.05, 3.63) is 18.5 Å². The Hall–Kier alpha value is -1.20. The number of hydrogen-bond acceptors (Lipinski definition) is 5. The van der Waals surface area contributed by atoms with Crippen LogP contribution in [0, 0.1) is 11.3 Å². The monoisotopic (exact) mass is 356 g/mol. The molecule has 5 heteroatoms. The average Bonchev–Trinajstić information content (AvgIpc) is 3.38. The van der Waals surface area contributed by atoms with Gasteiger partial charge in [-0.3, -0.25) is 0 Å². The molecule has 0 aromatic carbocycles. The third kappa shape index (κ3) is 3.48. The van der Waals surface area contributed by atoms with E-state index < -0.39 is 0 Å². The lowest BCUT2D eigenvalue weighted by atomic mass is 9.75. The molecule has 1 atom stereocenters. The molecule has 4 aliphatic rings. The fraction of sp³-hybridized carbons (Fsp3) is 0.810. The normalized spacial score (nSPS) is 29.2. The van der Waals surface area contributed by atoms with Crippen LogP contribution >= 0.6 is 0 Å². The van der Waals surface area contributed by atoms with Crippen molar-refractivity contribution < 1.29 is 4.74 Å². The zero-order chi connectivity index (χ0) is 17.4. The Balaban J connectivity index is 1.25. The van der Waals surface area contributed by atoms with E-state index in [1.807, 2.05) is 18.5 Å². The molecule has 1 aromatic heterocycles. The van der Waals surface area contributed by atoms with Gasteiger partial charge in [0.05, 0.1) is 12.6 Å². The van der Waals surface area contributed by atoms with Gasteiger partial charge in [-0.2, -0.15) is 0 Å². The summed E-state index contributed by atoms with van der Waals surface area (Å²) >= 11 is 0. The minimum atomic E-state index is 0.436. The predicted octanol–water partition coefficient (Wildman–Crippen LogP) is 3.12. The van der Waals surface area contributed by atoms with Gasteiger partial charge in [0, 0.05) is 31.6 Å². The zero-order valence-corrected chi connectivity index (χ0v) is 15.9. The summed E-state index contributed by atoms with van der Waals surface area (Å²) in [5.74, 6) is 1.73. The molecule has 2 saturated carbocycles. The molecule has 26 heavy (non-hydrogen) atoms. The minimum absolute atomic E-state index is 0.436. The Morgan fingerprint density at radius 1 is 1.04 bits per heavy atom. The van der Waals surface area contributed by atoms with Gasteiger partial charge in [0.2, 0.25) is 5.95 Å². The van der Waals surface area contributed by atoms with Crippen LogP contribution in [0.3, 0.4) is 0 Å². The van der Waals surface area contributed by atoms with Crippen LogP contribution < -0.4 is 4.90 Å². The summed E-state index contributed by atoms with van der Waals surface area (Å²) in [6, 6.07) is 3.23. The predicted molar refractivity (Wildman–Crippen MR) is 102 cm³/mol. The molecule has 0 amide bonds. The quantitative estimate of drug-likeness (QED) is 0.783. The second kappa shape index (κ2) is 7.08. The lowest BCUT2D eigenvalue weighted by Gasteiger charge is -2.45. The van der Waals surface area contributed by atoms with Crippen molar-refractivity contribution in [1.29, 1.82) is 0 Å². The number of likely N-dealkylation sites (tertiary alicyclic amines) is 1. The molecule has 5 nitrogen and oxygen atoms in total. The topological polar surface area (TPSA) is 41.5 Å². The van der Waals surface area contributed by atoms with Crippen LogP contribution in [0.25, 0.3) is 0 Å². The van der Waals surface area contributed by atoms with Gasteiger partial charge < -0.3 is 14.5 Å². The lowest BCUT2D eigenvalue weighted by molar-refractivity contribution is 0.0474. The first-order valence-corrected chi connectivity index (χ1v) is 10.7. The van der Waals surface area contributed by atoms with E-state index in [-0.39, 0.29) is 0 Å². The molecule has 0 bridgehead atoms. The Labute approximate surface area is 157 Å². The maximum atomic E-state index is 6.11. The number of ether oxygens (including phenoxy) is 1. The summed E-state index contributed by atoms with van der Waals surface area (Å²) in [5, 5.41) is 0. The first-order chi connectivity index (χ1) is 12.8. The molecular weight excluding hydrogens is 324 g/mol. The summed E-state index contributed by atoms with van der Waals surface area (Å²) in [6.45, 7) is 5.45. The van der Waals surface area contributed by atoms with Crippen LogP contribution in [-0.2, 0) is 4.74 Å². The van der Waals surface area contributed by atoms with E-state index in [2.05, 4.69) is 19.8 Å². The highest BCUT2D eigenvalue weighted by molar-refractivity contribution is 5.35. The van der Waals surface area contributed by atoms with E-state index in [0.717, 1.165) is 37.7 Å². The van der Waals surface area contributed by atoms with Crippen molar-refractivity contribution in [3.8, 4) is 0 Å². The molecule has 3 heterocycles. The van der Waals surface area contributed by atoms with Crippen LogP contribution in [0.4, 0.5) is 5.95 Å². The highest BCUT2D eigenvalue weighted by Gasteiger charge is 2.47.